The van der Waals surface area contributed by atoms with Gasteiger partial charge < -0.3 is 19.9 Å². The summed E-state index contributed by atoms with van der Waals surface area (Å²) >= 11 is 5.98. The van der Waals surface area contributed by atoms with Crippen molar-refractivity contribution in [2.45, 2.75) is 18.4 Å². The lowest BCUT2D eigenvalue weighted by Gasteiger charge is -2.12. The normalized spacial score (nSPS) is 11.9. The van der Waals surface area contributed by atoms with Crippen LogP contribution in [0.2, 0.25) is 5.02 Å². The predicted molar refractivity (Wildman–Crippen MR) is 114 cm³/mol. The number of ether oxygens (including phenoxy) is 1. The number of oxime groups is 1. The Morgan fingerprint density at radius 2 is 1.80 bits per heavy atom. The molecule has 0 atom stereocenters. The third-order valence-electron chi connectivity index (χ3n) is 4.07. The van der Waals surface area contributed by atoms with Crippen LogP contribution in [0.3, 0.4) is 0 Å². The second kappa shape index (κ2) is 9.06. The Kier molecular flexibility index (Phi) is 6.49. The Bertz CT molecular complexity index is 1200. The van der Waals surface area contributed by atoms with Gasteiger partial charge in [0.25, 0.3) is 0 Å². The number of hydrogen-bond acceptors (Lipinski definition) is 6. The largest absolute Gasteiger partial charge is 0.489 e. The van der Waals surface area contributed by atoms with Gasteiger partial charge in [-0.05, 0) is 48.4 Å². The molecule has 7 nitrogen and oxygen atoms in total. The maximum Gasteiger partial charge on any atom is 0.340 e. The van der Waals surface area contributed by atoms with Crippen molar-refractivity contribution in [3.8, 4) is 11.5 Å². The number of benzene rings is 3. The molecule has 0 radical (unpaired) electrons. The van der Waals surface area contributed by atoms with Crippen LogP contribution in [0.15, 0.2) is 76.8 Å². The highest BCUT2D eigenvalue weighted by Gasteiger charge is 2.20. The molecule has 0 aliphatic carbocycles. The zero-order valence-corrected chi connectivity index (χ0v) is 17.5. The van der Waals surface area contributed by atoms with Crippen LogP contribution in [0.25, 0.3) is 0 Å². The van der Waals surface area contributed by atoms with E-state index in [0.29, 0.717) is 11.3 Å². The number of rotatable bonds is 7. The summed E-state index contributed by atoms with van der Waals surface area (Å²) in [6.07, 6.45) is 0. The molecule has 0 unspecified atom stereocenters. The molecule has 0 aliphatic heterocycles. The lowest BCUT2D eigenvalue weighted by atomic mass is 10.1. The third kappa shape index (κ3) is 5.22. The molecule has 0 saturated heterocycles. The van der Waals surface area contributed by atoms with Gasteiger partial charge in [0.05, 0.1) is 5.02 Å². The molecule has 0 amide bonds. The molecule has 0 heterocycles. The van der Waals surface area contributed by atoms with Gasteiger partial charge in [0.15, 0.2) is 5.84 Å². The second-order valence-corrected chi connectivity index (χ2v) is 8.35. The van der Waals surface area contributed by atoms with Crippen molar-refractivity contribution in [3.05, 3.63) is 88.4 Å². The van der Waals surface area contributed by atoms with Gasteiger partial charge in [-0.1, -0.05) is 47.1 Å². The highest BCUT2D eigenvalue weighted by molar-refractivity contribution is 7.87. The minimum Gasteiger partial charge on any atom is -0.489 e. The average Bonchev–Trinajstić information content (AvgIpc) is 2.71. The second-order valence-electron chi connectivity index (χ2n) is 6.42. The minimum atomic E-state index is -4.10. The van der Waals surface area contributed by atoms with E-state index in [1.165, 1.54) is 18.2 Å². The predicted octanol–water partition coefficient (Wildman–Crippen LogP) is 4.09. The summed E-state index contributed by atoms with van der Waals surface area (Å²) in [6.45, 7) is 1.98. The molecular formula is C21H19ClN2O5S. The van der Waals surface area contributed by atoms with Gasteiger partial charge in [-0.3, -0.25) is 0 Å². The Hall–Kier alpha value is -3.23. The molecule has 3 aromatic rings. The maximum atomic E-state index is 12.6. The van der Waals surface area contributed by atoms with Crippen molar-refractivity contribution in [3.63, 3.8) is 0 Å². The molecule has 0 bridgehead atoms. The summed E-state index contributed by atoms with van der Waals surface area (Å²) in [5, 5.41) is 11.9. The summed E-state index contributed by atoms with van der Waals surface area (Å²) < 4.78 is 36.2. The number of hydrogen-bond donors (Lipinski definition) is 2. The number of halogens is 1. The van der Waals surface area contributed by atoms with Gasteiger partial charge in [-0.2, -0.15) is 8.42 Å². The summed E-state index contributed by atoms with van der Waals surface area (Å²) in [4.78, 5) is -0.115. The van der Waals surface area contributed by atoms with E-state index in [0.717, 1.165) is 11.1 Å². The molecule has 0 saturated carbocycles. The first-order valence-electron chi connectivity index (χ1n) is 8.79. The van der Waals surface area contributed by atoms with Crippen LogP contribution in [0.4, 0.5) is 0 Å². The summed E-state index contributed by atoms with van der Waals surface area (Å²) in [5.41, 5.74) is 7.69. The molecule has 156 valence electrons. The Balaban J connectivity index is 1.78. The van der Waals surface area contributed by atoms with Crippen LogP contribution in [-0.4, -0.2) is 19.5 Å². The van der Waals surface area contributed by atoms with E-state index < -0.39 is 10.1 Å². The Labute approximate surface area is 179 Å². The van der Waals surface area contributed by atoms with Crippen LogP contribution >= 0.6 is 11.6 Å². The van der Waals surface area contributed by atoms with Crippen LogP contribution in [0.5, 0.6) is 11.5 Å². The zero-order chi connectivity index (χ0) is 21.7. The molecule has 3 rings (SSSR count). The lowest BCUT2D eigenvalue weighted by molar-refractivity contribution is 0.305. The molecule has 0 spiro atoms. The highest BCUT2D eigenvalue weighted by atomic mass is 35.5. The van der Waals surface area contributed by atoms with Gasteiger partial charge in [-0.25, -0.2) is 0 Å². The molecule has 3 N–H and O–H groups in total. The standard InChI is InChI=1S/C21H19ClN2O5S/c1-14-9-17(28-13-15-5-4-6-16(11-15)21(23)24-25)12-18(10-14)29-30(26,27)20-8-3-2-7-19(20)22/h2-12,25H,13H2,1H3,(H2,23,24). The van der Waals surface area contributed by atoms with E-state index in [4.69, 9.17) is 31.5 Å². The van der Waals surface area contributed by atoms with Gasteiger partial charge >= 0.3 is 10.1 Å². The smallest absolute Gasteiger partial charge is 0.340 e. The van der Waals surface area contributed by atoms with Gasteiger partial charge in [0.1, 0.15) is 23.0 Å². The van der Waals surface area contributed by atoms with E-state index in [1.54, 1.807) is 49.4 Å². The summed E-state index contributed by atoms with van der Waals surface area (Å²) in [6, 6.07) is 17.9. The number of nitrogens with zero attached hydrogens (tertiary/aromatic N) is 1. The molecule has 0 fully saturated rings. The van der Waals surface area contributed by atoms with E-state index in [-0.39, 0.29) is 28.1 Å². The van der Waals surface area contributed by atoms with Crippen LogP contribution in [0.1, 0.15) is 16.7 Å². The number of nitrogens with two attached hydrogens (primary N) is 1. The molecule has 3 aromatic carbocycles. The number of aryl methyl sites for hydroxylation is 1. The van der Waals surface area contributed by atoms with E-state index in [9.17, 15) is 8.42 Å². The number of amidine groups is 1. The first-order valence-corrected chi connectivity index (χ1v) is 10.6. The van der Waals surface area contributed by atoms with Crippen molar-refractivity contribution in [2.75, 3.05) is 0 Å². The van der Waals surface area contributed by atoms with Crippen molar-refractivity contribution in [2.24, 2.45) is 10.9 Å². The average molecular weight is 447 g/mol. The van der Waals surface area contributed by atoms with Crippen LogP contribution < -0.4 is 14.7 Å². The van der Waals surface area contributed by atoms with Crippen LogP contribution in [0, 0.1) is 6.92 Å². The first kappa shape index (κ1) is 21.5. The van der Waals surface area contributed by atoms with E-state index >= 15 is 0 Å². The van der Waals surface area contributed by atoms with Crippen molar-refractivity contribution < 1.29 is 22.5 Å². The van der Waals surface area contributed by atoms with E-state index in [1.807, 2.05) is 6.07 Å². The fourth-order valence-corrected chi connectivity index (χ4v) is 4.12. The van der Waals surface area contributed by atoms with Crippen molar-refractivity contribution in [1.82, 2.24) is 0 Å². The maximum absolute atomic E-state index is 12.6. The molecular weight excluding hydrogens is 428 g/mol. The quantitative estimate of drug-likeness (QED) is 0.186. The molecule has 30 heavy (non-hydrogen) atoms. The third-order valence-corrected chi connectivity index (χ3v) is 5.82. The van der Waals surface area contributed by atoms with Crippen molar-refractivity contribution in [1.29, 1.82) is 0 Å². The fraction of sp³-hybridized carbons (Fsp3) is 0.0952. The molecule has 9 heteroatoms. The van der Waals surface area contributed by atoms with Crippen molar-refractivity contribution >= 4 is 27.6 Å². The Morgan fingerprint density at radius 1 is 1.07 bits per heavy atom. The fourth-order valence-electron chi connectivity index (χ4n) is 2.71. The lowest BCUT2D eigenvalue weighted by Crippen LogP contribution is -2.13. The summed E-state index contributed by atoms with van der Waals surface area (Å²) in [5.74, 6) is 0.525. The highest BCUT2D eigenvalue weighted by Crippen LogP contribution is 2.28. The van der Waals surface area contributed by atoms with Gasteiger partial charge in [0, 0.05) is 11.6 Å². The van der Waals surface area contributed by atoms with Crippen LogP contribution in [-0.2, 0) is 16.7 Å². The monoisotopic (exact) mass is 446 g/mol. The van der Waals surface area contributed by atoms with Gasteiger partial charge in [-0.15, -0.1) is 0 Å². The molecule has 0 aliphatic rings. The summed E-state index contributed by atoms with van der Waals surface area (Å²) in [7, 11) is -4.10. The van der Waals surface area contributed by atoms with Gasteiger partial charge in [0.2, 0.25) is 0 Å². The Morgan fingerprint density at radius 3 is 2.53 bits per heavy atom. The zero-order valence-electron chi connectivity index (χ0n) is 15.9. The minimum absolute atomic E-state index is 0.00660. The first-order chi connectivity index (χ1) is 14.3. The topological polar surface area (TPSA) is 111 Å². The molecule has 0 aromatic heterocycles. The van der Waals surface area contributed by atoms with E-state index in [2.05, 4.69) is 5.16 Å². The SMILES string of the molecule is Cc1cc(OCc2cccc(C(N)=NO)c2)cc(OS(=O)(=O)c2ccccc2Cl)c1.